The normalized spacial score (nSPS) is 12.4. The number of carboxylic acids is 2. The van der Waals surface area contributed by atoms with Gasteiger partial charge in [-0.1, -0.05) is 74.5 Å². The van der Waals surface area contributed by atoms with Gasteiger partial charge in [0.2, 0.25) is 5.91 Å². The maximum atomic E-state index is 14.5. The van der Waals surface area contributed by atoms with Crippen LogP contribution in [0.15, 0.2) is 107 Å². The Kier molecular flexibility index (Phi) is 16.9. The number of hydrogen-bond acceptors (Lipinski definition) is 8. The van der Waals surface area contributed by atoms with Gasteiger partial charge in [-0.15, -0.1) is 11.8 Å². The number of pyridine rings is 1. The van der Waals surface area contributed by atoms with Gasteiger partial charge in [-0.2, -0.15) is 13.2 Å². The highest BCUT2D eigenvalue weighted by atomic mass is 32.2. The predicted molar refractivity (Wildman–Crippen MR) is 216 cm³/mol. The van der Waals surface area contributed by atoms with Gasteiger partial charge in [0.1, 0.15) is 6.54 Å². The molecular weight excluding hydrogens is 814 g/mol. The SMILES string of the molecule is CCN(CC)CCCN(Cc1ccc(-c2ccc(C(F)(F)F)cc2)cc1)C(=O)Cn1c(SCc2cccc(F)c2F)cc(=O)c2ccccc21.O=C(O)C(O)C(O)C(=O)O. The van der Waals surface area contributed by atoms with Crippen LogP contribution in [0.1, 0.15) is 37.0 Å². The van der Waals surface area contributed by atoms with Gasteiger partial charge in [-0.25, -0.2) is 18.4 Å². The Balaban J connectivity index is 0.000000703. The summed E-state index contributed by atoms with van der Waals surface area (Å²) in [5.41, 5.74) is 1.98. The van der Waals surface area contributed by atoms with Gasteiger partial charge in [-0.05, 0) is 73.1 Å². The van der Waals surface area contributed by atoms with Gasteiger partial charge in [-0.3, -0.25) is 9.59 Å². The van der Waals surface area contributed by atoms with Crippen LogP contribution in [0.4, 0.5) is 22.0 Å². The number of carbonyl (C=O) groups is 3. The molecule has 2 atom stereocenters. The molecule has 2 unspecified atom stereocenters. The lowest BCUT2D eigenvalue weighted by Gasteiger charge is -2.26. The Hall–Kier alpha value is -5.62. The van der Waals surface area contributed by atoms with Crippen molar-refractivity contribution in [3.8, 4) is 11.1 Å². The average molecular weight is 858 g/mol. The van der Waals surface area contributed by atoms with Crippen LogP contribution in [-0.2, 0) is 39.4 Å². The van der Waals surface area contributed by atoms with Crippen LogP contribution < -0.4 is 5.43 Å². The van der Waals surface area contributed by atoms with Crippen LogP contribution in [0, 0.1) is 11.6 Å². The maximum absolute atomic E-state index is 14.5. The summed E-state index contributed by atoms with van der Waals surface area (Å²) in [5, 5.41) is 33.4. The van der Waals surface area contributed by atoms with Crippen molar-refractivity contribution >= 4 is 40.5 Å². The highest BCUT2D eigenvalue weighted by Crippen LogP contribution is 2.31. The molecule has 0 aliphatic carbocycles. The number of thioether (sulfide) groups is 1. The molecule has 0 bridgehead atoms. The number of fused-ring (bicyclic) bond motifs is 1. The number of aliphatic hydroxyl groups is 2. The standard InChI is InChI=1S/C39H38F5N3O2S.C4H6O6/c1-3-45(4-2)21-8-22-46(24-27-13-15-28(16-14-27)29-17-19-31(20-18-29)39(42,43)44)36(49)25-47-34-12-6-5-10-32(34)35(48)23-37(47)50-26-30-9-7-11-33(40)38(30)41;5-1(3(7)8)2(6)4(9)10/h5-7,9-20,23H,3-4,8,21-22,24-26H2,1-2H3;1-2,5-6H,(H,7,8)(H,9,10). The van der Waals surface area contributed by atoms with E-state index < -0.39 is 47.5 Å². The van der Waals surface area contributed by atoms with E-state index in [1.165, 1.54) is 30.3 Å². The van der Waals surface area contributed by atoms with Crippen LogP contribution in [0.3, 0.4) is 0 Å². The molecule has 0 aliphatic rings. The van der Waals surface area contributed by atoms with E-state index in [9.17, 15) is 41.1 Å². The molecular formula is C43H44F5N3O8S. The Morgan fingerprint density at radius 1 is 0.783 bits per heavy atom. The van der Waals surface area contributed by atoms with Crippen molar-refractivity contribution in [1.82, 2.24) is 14.4 Å². The number of benzene rings is 4. The van der Waals surface area contributed by atoms with E-state index >= 15 is 0 Å². The number of aromatic nitrogens is 1. The summed E-state index contributed by atoms with van der Waals surface area (Å²) in [6.45, 7) is 7.39. The molecule has 1 heterocycles. The molecule has 0 saturated heterocycles. The van der Waals surface area contributed by atoms with E-state index in [0.29, 0.717) is 34.6 Å². The first-order chi connectivity index (χ1) is 28.4. The first kappa shape index (κ1) is 47.1. The first-order valence-electron chi connectivity index (χ1n) is 18.7. The highest BCUT2D eigenvalue weighted by Gasteiger charge is 2.30. The zero-order valence-corrected chi connectivity index (χ0v) is 33.4. The Morgan fingerprint density at radius 2 is 1.37 bits per heavy atom. The zero-order valence-electron chi connectivity index (χ0n) is 32.6. The number of carboxylic acid groups (broad SMARTS) is 2. The summed E-state index contributed by atoms with van der Waals surface area (Å²) in [6.07, 6.45) is -8.22. The molecule has 4 N–H and O–H groups in total. The summed E-state index contributed by atoms with van der Waals surface area (Å²) < 4.78 is 69.3. The van der Waals surface area contributed by atoms with E-state index in [0.717, 1.165) is 67.1 Å². The smallest absolute Gasteiger partial charge is 0.416 e. The molecule has 0 spiro atoms. The van der Waals surface area contributed by atoms with Crippen molar-refractivity contribution in [2.45, 2.75) is 62.5 Å². The van der Waals surface area contributed by atoms with Gasteiger partial charge in [0.25, 0.3) is 0 Å². The van der Waals surface area contributed by atoms with Crippen LogP contribution in [0.5, 0.6) is 0 Å². The number of nitrogens with zero attached hydrogens (tertiary/aromatic N) is 3. The fourth-order valence-corrected chi connectivity index (χ4v) is 7.13. The topological polar surface area (TPSA) is 161 Å². The first-order valence-corrected chi connectivity index (χ1v) is 19.7. The van der Waals surface area contributed by atoms with Crippen LogP contribution in [-0.4, -0.2) is 91.0 Å². The van der Waals surface area contributed by atoms with Crippen molar-refractivity contribution in [2.24, 2.45) is 0 Å². The van der Waals surface area contributed by atoms with Gasteiger partial charge >= 0.3 is 18.1 Å². The van der Waals surface area contributed by atoms with Crippen LogP contribution >= 0.6 is 11.8 Å². The van der Waals surface area contributed by atoms with Crippen molar-refractivity contribution in [1.29, 1.82) is 0 Å². The number of halogens is 5. The van der Waals surface area contributed by atoms with Gasteiger partial charge in [0, 0.05) is 35.9 Å². The summed E-state index contributed by atoms with van der Waals surface area (Å²) in [6, 6.07) is 24.7. The van der Waals surface area contributed by atoms with E-state index in [4.69, 9.17) is 20.4 Å². The molecule has 0 saturated carbocycles. The minimum absolute atomic E-state index is 0.0500. The minimum Gasteiger partial charge on any atom is -0.479 e. The summed E-state index contributed by atoms with van der Waals surface area (Å²) in [4.78, 5) is 50.9. The molecule has 0 radical (unpaired) electrons. The lowest BCUT2D eigenvalue weighted by Crippen LogP contribution is -2.39. The number of aliphatic hydroxyl groups excluding tert-OH is 2. The molecule has 60 heavy (non-hydrogen) atoms. The zero-order chi connectivity index (χ0) is 44.1. The van der Waals surface area contributed by atoms with Gasteiger partial charge in [0.15, 0.2) is 29.3 Å². The second-order valence-electron chi connectivity index (χ2n) is 13.5. The van der Waals surface area contributed by atoms with Crippen LogP contribution in [0.2, 0.25) is 0 Å². The van der Waals surface area contributed by atoms with Gasteiger partial charge in [0.05, 0.1) is 16.1 Å². The van der Waals surface area contributed by atoms with E-state index in [-0.39, 0.29) is 29.2 Å². The second kappa shape index (κ2) is 21.6. The lowest BCUT2D eigenvalue weighted by atomic mass is 10.0. The molecule has 11 nitrogen and oxygen atoms in total. The fourth-order valence-electron chi connectivity index (χ4n) is 6.10. The highest BCUT2D eigenvalue weighted by molar-refractivity contribution is 7.98. The molecule has 5 rings (SSSR count). The number of aliphatic carboxylic acids is 2. The number of rotatable bonds is 17. The van der Waals surface area contributed by atoms with Crippen molar-refractivity contribution in [3.05, 3.63) is 136 Å². The van der Waals surface area contributed by atoms with Crippen molar-refractivity contribution < 1.29 is 56.8 Å². The van der Waals surface area contributed by atoms with Gasteiger partial charge < -0.3 is 34.8 Å². The van der Waals surface area contributed by atoms with E-state index in [1.807, 2.05) is 24.3 Å². The third-order valence-electron chi connectivity index (χ3n) is 9.51. The monoisotopic (exact) mass is 857 g/mol. The second-order valence-corrected chi connectivity index (χ2v) is 14.5. The van der Waals surface area contributed by atoms with E-state index in [1.54, 1.807) is 33.7 Å². The Bertz CT molecular complexity index is 2280. The van der Waals surface area contributed by atoms with Crippen molar-refractivity contribution in [3.63, 3.8) is 0 Å². The maximum Gasteiger partial charge on any atom is 0.416 e. The molecule has 5 aromatic rings. The number of alkyl halides is 3. The summed E-state index contributed by atoms with van der Waals surface area (Å²) >= 11 is 1.16. The van der Waals surface area contributed by atoms with Crippen molar-refractivity contribution in [2.75, 3.05) is 26.2 Å². The Labute approximate surface area is 346 Å². The third-order valence-corrected chi connectivity index (χ3v) is 10.6. The van der Waals surface area contributed by atoms with Crippen LogP contribution in [0.25, 0.3) is 22.0 Å². The molecule has 0 aliphatic heterocycles. The minimum atomic E-state index is -4.41. The molecule has 4 aromatic carbocycles. The summed E-state index contributed by atoms with van der Waals surface area (Å²) in [7, 11) is 0. The fraction of sp³-hybridized carbons (Fsp3) is 0.302. The average Bonchev–Trinajstić information content (AvgIpc) is 3.23. The molecule has 0 fully saturated rings. The lowest BCUT2D eigenvalue weighted by molar-refractivity contribution is -0.165. The van der Waals surface area contributed by atoms with E-state index in [2.05, 4.69) is 18.7 Å². The Morgan fingerprint density at radius 3 is 1.93 bits per heavy atom. The molecule has 17 heteroatoms. The third kappa shape index (κ3) is 12.7. The number of carbonyl (C=O) groups excluding carboxylic acids is 1. The number of amides is 1. The number of hydrogen-bond donors (Lipinski definition) is 4. The molecule has 1 amide bonds. The largest absolute Gasteiger partial charge is 0.479 e. The number of para-hydroxylation sites is 1. The molecule has 1 aromatic heterocycles. The predicted octanol–water partition coefficient (Wildman–Crippen LogP) is 6.90. The summed E-state index contributed by atoms with van der Waals surface area (Å²) in [5.74, 6) is -5.58. The quantitative estimate of drug-likeness (QED) is 0.0573. The molecule has 320 valence electrons.